The van der Waals surface area contributed by atoms with E-state index in [1.807, 2.05) is 12.1 Å². The van der Waals surface area contributed by atoms with E-state index in [0.717, 1.165) is 6.42 Å². The third kappa shape index (κ3) is 5.72. The number of anilines is 1. The molecule has 0 fully saturated rings. The Balaban J connectivity index is 1.87. The van der Waals surface area contributed by atoms with E-state index in [1.54, 1.807) is 12.1 Å². The van der Waals surface area contributed by atoms with Gasteiger partial charge in [-0.3, -0.25) is 10.1 Å². The van der Waals surface area contributed by atoms with Gasteiger partial charge in [0.1, 0.15) is 5.75 Å². The number of carboxylic acid groups (broad SMARTS) is 1. The quantitative estimate of drug-likeness (QED) is 0.652. The fourth-order valence-corrected chi connectivity index (χ4v) is 2.43. The second kappa shape index (κ2) is 9.17. The first-order valence-electron chi connectivity index (χ1n) is 7.74. The predicted molar refractivity (Wildman–Crippen MR) is 104 cm³/mol. The number of thiocarbonyl (C=S) groups is 1. The highest BCUT2D eigenvalue weighted by Gasteiger charge is 2.11. The molecule has 2 aromatic carbocycles. The number of hydrogen-bond donors (Lipinski definition) is 3. The highest BCUT2D eigenvalue weighted by molar-refractivity contribution is 7.80. The van der Waals surface area contributed by atoms with Gasteiger partial charge in [-0.05, 0) is 54.5 Å². The van der Waals surface area contributed by atoms with Crippen LogP contribution < -0.4 is 15.4 Å². The van der Waals surface area contributed by atoms with E-state index in [1.165, 1.54) is 23.8 Å². The van der Waals surface area contributed by atoms with Gasteiger partial charge in [0.25, 0.3) is 5.91 Å². The Morgan fingerprint density at radius 3 is 2.50 bits per heavy atom. The Labute approximate surface area is 161 Å². The molecule has 0 saturated heterocycles. The van der Waals surface area contributed by atoms with Gasteiger partial charge in [-0.1, -0.05) is 30.7 Å². The molecule has 0 spiro atoms. The summed E-state index contributed by atoms with van der Waals surface area (Å²) in [4.78, 5) is 22.9. The summed E-state index contributed by atoms with van der Waals surface area (Å²) in [5, 5.41) is 14.4. The van der Waals surface area contributed by atoms with Crippen LogP contribution in [0.1, 0.15) is 22.8 Å². The molecule has 136 valence electrons. The average Bonchev–Trinajstić information content (AvgIpc) is 2.62. The number of amides is 1. The third-order valence-corrected chi connectivity index (χ3v) is 3.95. The van der Waals surface area contributed by atoms with E-state index < -0.39 is 11.9 Å². The molecule has 0 unspecified atom stereocenters. The minimum Gasteiger partial charge on any atom is -0.484 e. The number of hydrogen-bond acceptors (Lipinski definition) is 4. The van der Waals surface area contributed by atoms with E-state index in [2.05, 4.69) is 17.6 Å². The second-order valence-electron chi connectivity index (χ2n) is 5.29. The van der Waals surface area contributed by atoms with Crippen molar-refractivity contribution in [3.63, 3.8) is 0 Å². The maximum Gasteiger partial charge on any atom is 0.335 e. The maximum atomic E-state index is 11.9. The lowest BCUT2D eigenvalue weighted by Crippen LogP contribution is -2.37. The zero-order valence-corrected chi connectivity index (χ0v) is 15.5. The van der Waals surface area contributed by atoms with Crippen LogP contribution in [-0.2, 0) is 11.2 Å². The van der Waals surface area contributed by atoms with Crippen LogP contribution in [0.2, 0.25) is 5.02 Å². The van der Waals surface area contributed by atoms with Gasteiger partial charge in [0.2, 0.25) is 0 Å². The minimum atomic E-state index is -1.10. The zero-order chi connectivity index (χ0) is 19.1. The standard InChI is InChI=1S/C18H17ClN2O4S/c1-2-11-3-6-13(7-4-11)25-10-16(22)21-18(26)20-15-9-12(17(23)24)5-8-14(15)19/h3-9H,2,10H2,1H3,(H,23,24)(H2,20,21,22,26). The number of rotatable bonds is 6. The van der Waals surface area contributed by atoms with Crippen molar-refractivity contribution >= 4 is 46.5 Å². The van der Waals surface area contributed by atoms with E-state index in [0.29, 0.717) is 5.75 Å². The molecule has 0 aliphatic heterocycles. The number of carboxylic acids is 1. The molecule has 0 atom stereocenters. The molecule has 0 radical (unpaired) electrons. The molecule has 2 rings (SSSR count). The number of halogens is 1. The molecule has 8 heteroatoms. The fourth-order valence-electron chi connectivity index (χ4n) is 2.04. The molecular weight excluding hydrogens is 376 g/mol. The van der Waals surface area contributed by atoms with Crippen LogP contribution in [0, 0.1) is 0 Å². The van der Waals surface area contributed by atoms with Gasteiger partial charge in [-0.15, -0.1) is 0 Å². The van der Waals surface area contributed by atoms with Gasteiger partial charge < -0.3 is 15.2 Å². The lowest BCUT2D eigenvalue weighted by atomic mass is 10.2. The molecular formula is C18H17ClN2O4S. The molecule has 0 heterocycles. The second-order valence-corrected chi connectivity index (χ2v) is 6.10. The molecule has 0 bridgehead atoms. The molecule has 26 heavy (non-hydrogen) atoms. The van der Waals surface area contributed by atoms with Gasteiger partial charge in [-0.25, -0.2) is 4.79 Å². The fraction of sp³-hybridized carbons (Fsp3) is 0.167. The number of ether oxygens (including phenoxy) is 1. The number of nitrogens with one attached hydrogen (secondary N) is 2. The van der Waals surface area contributed by atoms with E-state index in [9.17, 15) is 9.59 Å². The molecule has 2 aromatic rings. The largest absolute Gasteiger partial charge is 0.484 e. The van der Waals surface area contributed by atoms with Crippen LogP contribution in [0.5, 0.6) is 5.75 Å². The predicted octanol–water partition coefficient (Wildman–Crippen LogP) is 3.49. The van der Waals surface area contributed by atoms with Crippen molar-refractivity contribution < 1.29 is 19.4 Å². The number of aromatic carboxylic acids is 1. The Morgan fingerprint density at radius 1 is 1.19 bits per heavy atom. The van der Waals surface area contributed by atoms with Crippen molar-refractivity contribution in [1.29, 1.82) is 0 Å². The van der Waals surface area contributed by atoms with Crippen LogP contribution in [-0.4, -0.2) is 28.7 Å². The SMILES string of the molecule is CCc1ccc(OCC(=O)NC(=S)Nc2cc(C(=O)O)ccc2Cl)cc1. The first-order valence-corrected chi connectivity index (χ1v) is 8.53. The average molecular weight is 393 g/mol. The third-order valence-electron chi connectivity index (χ3n) is 3.42. The Morgan fingerprint density at radius 2 is 1.88 bits per heavy atom. The summed E-state index contributed by atoms with van der Waals surface area (Å²) in [5.74, 6) is -0.969. The van der Waals surface area contributed by atoms with E-state index in [4.69, 9.17) is 33.7 Å². The zero-order valence-electron chi connectivity index (χ0n) is 13.9. The van der Waals surface area contributed by atoms with Gasteiger partial charge in [0.05, 0.1) is 16.3 Å². The number of aryl methyl sites for hydroxylation is 1. The van der Waals surface area contributed by atoms with Crippen molar-refractivity contribution in [1.82, 2.24) is 5.32 Å². The van der Waals surface area contributed by atoms with Crippen LogP contribution in [0.4, 0.5) is 5.69 Å². The van der Waals surface area contributed by atoms with Crippen molar-refractivity contribution in [2.45, 2.75) is 13.3 Å². The minimum absolute atomic E-state index is 0.00984. The highest BCUT2D eigenvalue weighted by atomic mass is 35.5. The van der Waals surface area contributed by atoms with E-state index >= 15 is 0 Å². The molecule has 3 N–H and O–H groups in total. The highest BCUT2D eigenvalue weighted by Crippen LogP contribution is 2.23. The molecule has 1 amide bonds. The van der Waals surface area contributed by atoms with Crippen LogP contribution >= 0.6 is 23.8 Å². The van der Waals surface area contributed by atoms with Gasteiger partial charge in [-0.2, -0.15) is 0 Å². The van der Waals surface area contributed by atoms with Crippen LogP contribution in [0.15, 0.2) is 42.5 Å². The Kier molecular flexibility index (Phi) is 6.94. The Bertz CT molecular complexity index is 824. The first kappa shape index (κ1) is 19.7. The van der Waals surface area contributed by atoms with Gasteiger partial charge in [0, 0.05) is 0 Å². The topological polar surface area (TPSA) is 87.7 Å². The van der Waals surface area contributed by atoms with Gasteiger partial charge >= 0.3 is 5.97 Å². The summed E-state index contributed by atoms with van der Waals surface area (Å²) in [6, 6.07) is 11.6. The summed E-state index contributed by atoms with van der Waals surface area (Å²) < 4.78 is 5.39. The molecule has 6 nitrogen and oxygen atoms in total. The van der Waals surface area contributed by atoms with E-state index in [-0.39, 0.29) is 28.0 Å². The van der Waals surface area contributed by atoms with Crippen molar-refractivity contribution in [2.75, 3.05) is 11.9 Å². The molecule has 0 saturated carbocycles. The maximum absolute atomic E-state index is 11.9. The van der Waals surface area contributed by atoms with Gasteiger partial charge in [0.15, 0.2) is 11.7 Å². The first-order chi connectivity index (χ1) is 12.4. The smallest absolute Gasteiger partial charge is 0.335 e. The van der Waals surface area contributed by atoms with Crippen molar-refractivity contribution in [2.24, 2.45) is 0 Å². The van der Waals surface area contributed by atoms with Crippen molar-refractivity contribution in [3.05, 3.63) is 58.6 Å². The lowest BCUT2D eigenvalue weighted by Gasteiger charge is -2.12. The molecule has 0 aliphatic rings. The summed E-state index contributed by atoms with van der Waals surface area (Å²) in [7, 11) is 0. The summed E-state index contributed by atoms with van der Waals surface area (Å²) in [5.41, 5.74) is 1.51. The lowest BCUT2D eigenvalue weighted by molar-refractivity contribution is -0.121. The number of benzene rings is 2. The van der Waals surface area contributed by atoms with Crippen molar-refractivity contribution in [3.8, 4) is 5.75 Å². The summed E-state index contributed by atoms with van der Waals surface area (Å²) in [6.45, 7) is 1.84. The Hall–Kier alpha value is -2.64. The molecule has 0 aromatic heterocycles. The number of carbonyl (C=O) groups excluding carboxylic acids is 1. The van der Waals surface area contributed by atoms with Crippen LogP contribution in [0.3, 0.4) is 0 Å². The summed E-state index contributed by atoms with van der Waals surface area (Å²) >= 11 is 11.0. The van der Waals surface area contributed by atoms with Crippen LogP contribution in [0.25, 0.3) is 0 Å². The number of carbonyl (C=O) groups is 2. The monoisotopic (exact) mass is 392 g/mol. The summed E-state index contributed by atoms with van der Waals surface area (Å²) in [6.07, 6.45) is 0.923. The molecule has 0 aliphatic carbocycles. The normalized spacial score (nSPS) is 10.1.